The van der Waals surface area contributed by atoms with Crippen molar-refractivity contribution in [3.63, 3.8) is 0 Å². The maximum Gasteiger partial charge on any atom is 0.295 e. The Morgan fingerprint density at radius 2 is 2.23 bits per heavy atom. The van der Waals surface area contributed by atoms with Crippen LogP contribution in [0.1, 0.15) is 0 Å². The first-order valence-corrected chi connectivity index (χ1v) is 4.10. The van der Waals surface area contributed by atoms with E-state index in [9.17, 15) is 0 Å². The standard InChI is InChI=1S/C9H10N2O2/c12-6-5-10-9-11-7-3-1-2-4-8(7)13-9/h1-4,12H,5-6H2,(H,10,11). The lowest BCUT2D eigenvalue weighted by molar-refractivity contribution is 0.310. The molecule has 4 heteroatoms. The van der Waals surface area contributed by atoms with Gasteiger partial charge in [-0.05, 0) is 12.1 Å². The van der Waals surface area contributed by atoms with Crippen molar-refractivity contribution < 1.29 is 9.52 Å². The summed E-state index contributed by atoms with van der Waals surface area (Å²) in [4.78, 5) is 4.16. The quantitative estimate of drug-likeness (QED) is 0.742. The SMILES string of the molecule is OCCNc1nc2ccccc2o1. The Morgan fingerprint density at radius 1 is 1.38 bits per heavy atom. The largest absolute Gasteiger partial charge is 0.424 e. The molecule has 0 spiro atoms. The van der Waals surface area contributed by atoms with Gasteiger partial charge >= 0.3 is 0 Å². The van der Waals surface area contributed by atoms with Crippen LogP contribution in [-0.4, -0.2) is 23.2 Å². The third-order valence-electron chi connectivity index (χ3n) is 1.68. The highest BCUT2D eigenvalue weighted by molar-refractivity contribution is 5.74. The lowest BCUT2D eigenvalue weighted by Crippen LogP contribution is -2.05. The first-order valence-electron chi connectivity index (χ1n) is 4.10. The van der Waals surface area contributed by atoms with Gasteiger partial charge in [0.15, 0.2) is 5.58 Å². The summed E-state index contributed by atoms with van der Waals surface area (Å²) in [6, 6.07) is 7.98. The maximum absolute atomic E-state index is 8.57. The Morgan fingerprint density at radius 3 is 3.00 bits per heavy atom. The molecule has 0 unspecified atom stereocenters. The number of nitrogens with zero attached hydrogens (tertiary/aromatic N) is 1. The predicted molar refractivity (Wildman–Crippen MR) is 49.6 cm³/mol. The van der Waals surface area contributed by atoms with Crippen molar-refractivity contribution in [3.05, 3.63) is 24.3 Å². The number of aliphatic hydroxyl groups excluding tert-OH is 1. The summed E-state index contributed by atoms with van der Waals surface area (Å²) in [6.45, 7) is 0.519. The van der Waals surface area contributed by atoms with Crippen molar-refractivity contribution in [2.45, 2.75) is 0 Å². The predicted octanol–water partition coefficient (Wildman–Crippen LogP) is 1.23. The number of benzene rings is 1. The molecule has 0 saturated carbocycles. The molecule has 0 aliphatic rings. The number of para-hydroxylation sites is 2. The zero-order valence-electron chi connectivity index (χ0n) is 7.03. The van der Waals surface area contributed by atoms with Crippen LogP contribution in [-0.2, 0) is 0 Å². The molecule has 0 bridgehead atoms. The summed E-state index contributed by atoms with van der Waals surface area (Å²) in [5.41, 5.74) is 1.57. The third kappa shape index (κ3) is 1.62. The molecule has 0 saturated heterocycles. The van der Waals surface area contributed by atoms with Crippen LogP contribution in [0, 0.1) is 0 Å². The number of hydrogen-bond donors (Lipinski definition) is 2. The minimum Gasteiger partial charge on any atom is -0.424 e. The minimum absolute atomic E-state index is 0.0682. The Bertz CT molecular complexity index is 364. The average Bonchev–Trinajstić information content (AvgIpc) is 2.57. The van der Waals surface area contributed by atoms with Crippen molar-refractivity contribution in [3.8, 4) is 0 Å². The molecule has 0 aliphatic carbocycles. The molecule has 0 atom stereocenters. The number of fused-ring (bicyclic) bond motifs is 1. The first kappa shape index (κ1) is 8.07. The smallest absolute Gasteiger partial charge is 0.295 e. The van der Waals surface area contributed by atoms with E-state index in [2.05, 4.69) is 10.3 Å². The Labute approximate surface area is 75.2 Å². The van der Waals surface area contributed by atoms with E-state index in [0.717, 1.165) is 11.1 Å². The lowest BCUT2D eigenvalue weighted by Gasteiger charge is -1.94. The molecule has 1 aromatic carbocycles. The highest BCUT2D eigenvalue weighted by atomic mass is 16.4. The molecule has 0 fully saturated rings. The fourth-order valence-electron chi connectivity index (χ4n) is 1.11. The second kappa shape index (κ2) is 3.45. The van der Waals surface area contributed by atoms with E-state index < -0.39 is 0 Å². The summed E-state index contributed by atoms with van der Waals surface area (Å²) in [5, 5.41) is 11.4. The van der Waals surface area contributed by atoms with E-state index >= 15 is 0 Å². The summed E-state index contributed by atoms with van der Waals surface area (Å²) < 4.78 is 5.34. The third-order valence-corrected chi connectivity index (χ3v) is 1.68. The Hall–Kier alpha value is -1.55. The van der Waals surface area contributed by atoms with Crippen LogP contribution >= 0.6 is 0 Å². The van der Waals surface area contributed by atoms with Gasteiger partial charge in [0.2, 0.25) is 0 Å². The van der Waals surface area contributed by atoms with E-state index in [4.69, 9.17) is 9.52 Å². The molecule has 68 valence electrons. The fraction of sp³-hybridized carbons (Fsp3) is 0.222. The molecular formula is C9H10N2O2. The van der Waals surface area contributed by atoms with Crippen molar-refractivity contribution in [1.82, 2.24) is 4.98 Å². The van der Waals surface area contributed by atoms with Crippen molar-refractivity contribution in [2.24, 2.45) is 0 Å². The van der Waals surface area contributed by atoms with Crippen LogP contribution in [0.2, 0.25) is 0 Å². The Balaban J connectivity index is 2.28. The monoisotopic (exact) mass is 178 g/mol. The van der Waals surface area contributed by atoms with Gasteiger partial charge in [-0.1, -0.05) is 12.1 Å². The number of rotatable bonds is 3. The molecule has 2 aromatic rings. The van der Waals surface area contributed by atoms with Crippen LogP contribution in [0.5, 0.6) is 0 Å². The van der Waals surface area contributed by atoms with Gasteiger partial charge in [0, 0.05) is 6.54 Å². The molecule has 1 heterocycles. The van der Waals surface area contributed by atoms with E-state index in [0.29, 0.717) is 12.6 Å². The molecule has 0 amide bonds. The van der Waals surface area contributed by atoms with Crippen LogP contribution < -0.4 is 5.32 Å². The second-order valence-corrected chi connectivity index (χ2v) is 2.64. The molecule has 2 N–H and O–H groups in total. The zero-order chi connectivity index (χ0) is 9.10. The van der Waals surface area contributed by atoms with Gasteiger partial charge in [0.25, 0.3) is 6.01 Å². The number of nitrogens with one attached hydrogen (secondary N) is 1. The first-order chi connectivity index (χ1) is 6.40. The van der Waals surface area contributed by atoms with Crippen molar-refractivity contribution >= 4 is 17.1 Å². The minimum atomic E-state index is 0.0682. The summed E-state index contributed by atoms with van der Waals surface area (Å²) in [5.74, 6) is 0. The highest BCUT2D eigenvalue weighted by Gasteiger charge is 2.02. The van der Waals surface area contributed by atoms with Crippen LogP contribution in [0.3, 0.4) is 0 Å². The fourth-order valence-corrected chi connectivity index (χ4v) is 1.11. The normalized spacial score (nSPS) is 10.5. The number of aliphatic hydroxyl groups is 1. The molecule has 0 radical (unpaired) electrons. The van der Waals surface area contributed by atoms with Crippen LogP contribution in [0.15, 0.2) is 28.7 Å². The highest BCUT2D eigenvalue weighted by Crippen LogP contribution is 2.17. The summed E-state index contributed by atoms with van der Waals surface area (Å²) in [7, 11) is 0. The van der Waals surface area contributed by atoms with Crippen LogP contribution in [0.25, 0.3) is 11.1 Å². The van der Waals surface area contributed by atoms with E-state index in [1.807, 2.05) is 24.3 Å². The summed E-state index contributed by atoms with van der Waals surface area (Å²) >= 11 is 0. The molecular weight excluding hydrogens is 168 g/mol. The maximum atomic E-state index is 8.57. The zero-order valence-corrected chi connectivity index (χ0v) is 7.03. The molecule has 0 aliphatic heterocycles. The average molecular weight is 178 g/mol. The van der Waals surface area contributed by atoms with Gasteiger partial charge in [-0.3, -0.25) is 0 Å². The molecule has 1 aromatic heterocycles. The molecule has 13 heavy (non-hydrogen) atoms. The van der Waals surface area contributed by atoms with E-state index in [-0.39, 0.29) is 6.61 Å². The summed E-state index contributed by atoms with van der Waals surface area (Å²) in [6.07, 6.45) is 0. The molecule has 4 nitrogen and oxygen atoms in total. The molecule has 2 rings (SSSR count). The Kier molecular flexibility index (Phi) is 2.14. The van der Waals surface area contributed by atoms with Gasteiger partial charge in [-0.15, -0.1) is 0 Å². The van der Waals surface area contributed by atoms with Gasteiger partial charge in [0.05, 0.1) is 6.61 Å². The van der Waals surface area contributed by atoms with Gasteiger partial charge in [0.1, 0.15) is 5.52 Å². The topological polar surface area (TPSA) is 58.3 Å². The van der Waals surface area contributed by atoms with E-state index in [1.165, 1.54) is 0 Å². The number of anilines is 1. The van der Waals surface area contributed by atoms with Crippen LogP contribution in [0.4, 0.5) is 6.01 Å². The van der Waals surface area contributed by atoms with Gasteiger partial charge in [-0.25, -0.2) is 0 Å². The van der Waals surface area contributed by atoms with Gasteiger partial charge < -0.3 is 14.8 Å². The number of hydrogen-bond acceptors (Lipinski definition) is 4. The lowest BCUT2D eigenvalue weighted by atomic mass is 10.3. The van der Waals surface area contributed by atoms with E-state index in [1.54, 1.807) is 0 Å². The van der Waals surface area contributed by atoms with Crippen molar-refractivity contribution in [1.29, 1.82) is 0 Å². The van der Waals surface area contributed by atoms with Crippen molar-refractivity contribution in [2.75, 3.05) is 18.5 Å². The number of aromatic nitrogens is 1. The number of oxazole rings is 1. The second-order valence-electron chi connectivity index (χ2n) is 2.64. The van der Waals surface area contributed by atoms with Gasteiger partial charge in [-0.2, -0.15) is 4.98 Å².